The van der Waals surface area contributed by atoms with Crippen LogP contribution in [0, 0.1) is 0 Å². The summed E-state index contributed by atoms with van der Waals surface area (Å²) in [5, 5.41) is 9.54. The second kappa shape index (κ2) is 2.70. The first kappa shape index (κ1) is 9.23. The zero-order valence-corrected chi connectivity index (χ0v) is 9.36. The Morgan fingerprint density at radius 1 is 1.29 bits per heavy atom. The van der Waals surface area contributed by atoms with Gasteiger partial charge in [-0.25, -0.2) is 0 Å². The van der Waals surface area contributed by atoms with Crippen molar-refractivity contribution in [1.29, 1.82) is 0 Å². The number of aromatic hydroxyl groups is 1. The van der Waals surface area contributed by atoms with Crippen LogP contribution in [-0.2, 0) is 16.6 Å². The van der Waals surface area contributed by atoms with Gasteiger partial charge in [-0.1, -0.05) is 12.1 Å². The molecule has 0 fully saturated rings. The lowest BCUT2D eigenvalue weighted by Gasteiger charge is -2.50. The van der Waals surface area contributed by atoms with E-state index in [9.17, 15) is 9.90 Å². The minimum absolute atomic E-state index is 0.00940. The van der Waals surface area contributed by atoms with E-state index in [1.165, 1.54) is 22.3 Å². The van der Waals surface area contributed by atoms with Crippen LogP contribution in [0.25, 0.3) is 0 Å². The third-order valence-electron chi connectivity index (χ3n) is 4.27. The van der Waals surface area contributed by atoms with Gasteiger partial charge in [0.2, 0.25) is 0 Å². The molecule has 0 saturated carbocycles. The highest BCUT2D eigenvalue weighted by molar-refractivity contribution is 5.95. The molecule has 84 valence electrons. The molecule has 0 amide bonds. The number of phenols is 1. The molecule has 1 aromatic carbocycles. The van der Waals surface area contributed by atoms with Crippen molar-refractivity contribution < 1.29 is 9.90 Å². The van der Waals surface area contributed by atoms with Crippen LogP contribution in [0.3, 0.4) is 0 Å². The number of benzene rings is 1. The summed E-state index contributed by atoms with van der Waals surface area (Å²) >= 11 is 0. The monoisotopic (exact) mass is 224 g/mol. The molecule has 5 rings (SSSR count). The molecular weight excluding hydrogens is 212 g/mol. The van der Waals surface area contributed by atoms with E-state index in [0.717, 1.165) is 12.8 Å². The summed E-state index contributed by atoms with van der Waals surface area (Å²) in [6, 6.07) is 5.62. The maximum atomic E-state index is 11.5. The molecule has 1 spiro atoms. The number of carbonyl (C=O) groups is 1. The van der Waals surface area contributed by atoms with Crippen LogP contribution in [0.1, 0.15) is 24.0 Å². The van der Waals surface area contributed by atoms with Gasteiger partial charge in [0.1, 0.15) is 5.75 Å². The Labute approximate surface area is 99.3 Å². The molecule has 4 aliphatic carbocycles. The zero-order valence-electron chi connectivity index (χ0n) is 9.36. The fourth-order valence-electron chi connectivity index (χ4n) is 3.51. The number of hydrogen-bond acceptors (Lipinski definition) is 2. The summed E-state index contributed by atoms with van der Waals surface area (Å²) in [6.45, 7) is 0. The van der Waals surface area contributed by atoms with E-state index in [0.29, 0.717) is 12.2 Å². The average molecular weight is 224 g/mol. The third-order valence-corrected chi connectivity index (χ3v) is 4.27. The molecule has 2 nitrogen and oxygen atoms in total. The molecule has 4 aliphatic rings. The van der Waals surface area contributed by atoms with Crippen molar-refractivity contribution in [2.45, 2.75) is 24.7 Å². The molecule has 0 aliphatic heterocycles. The summed E-state index contributed by atoms with van der Waals surface area (Å²) in [4.78, 5) is 11.5. The summed E-state index contributed by atoms with van der Waals surface area (Å²) in [6.07, 6.45) is 6.51. The molecule has 1 aromatic rings. The highest BCUT2D eigenvalue weighted by atomic mass is 16.3. The van der Waals surface area contributed by atoms with Gasteiger partial charge in [0, 0.05) is 11.8 Å². The second-order valence-electron chi connectivity index (χ2n) is 5.18. The van der Waals surface area contributed by atoms with Gasteiger partial charge in [-0.3, -0.25) is 4.79 Å². The predicted molar refractivity (Wildman–Crippen MR) is 63.9 cm³/mol. The molecule has 2 heteroatoms. The van der Waals surface area contributed by atoms with Crippen molar-refractivity contribution in [1.82, 2.24) is 0 Å². The quantitative estimate of drug-likeness (QED) is 0.734. The number of hydrogen-bond donors (Lipinski definition) is 1. The lowest BCUT2D eigenvalue weighted by Crippen LogP contribution is -2.43. The first-order valence-electron chi connectivity index (χ1n) is 5.98. The van der Waals surface area contributed by atoms with E-state index in [2.05, 4.69) is 6.08 Å². The average Bonchev–Trinajstić information content (AvgIpc) is 2.31. The van der Waals surface area contributed by atoms with Crippen LogP contribution in [0.5, 0.6) is 5.75 Å². The Morgan fingerprint density at radius 3 is 3.06 bits per heavy atom. The highest BCUT2D eigenvalue weighted by Crippen LogP contribution is 2.57. The molecule has 1 N–H and O–H groups in total. The minimum atomic E-state index is -0.00940. The molecule has 17 heavy (non-hydrogen) atoms. The predicted octanol–water partition coefficient (Wildman–Crippen LogP) is 2.42. The summed E-state index contributed by atoms with van der Waals surface area (Å²) in [7, 11) is 0. The molecule has 2 bridgehead atoms. The molecule has 0 aromatic heterocycles. The molecule has 0 radical (unpaired) electrons. The Morgan fingerprint density at radius 2 is 2.18 bits per heavy atom. The van der Waals surface area contributed by atoms with Crippen LogP contribution in [0.2, 0.25) is 0 Å². The lowest BCUT2D eigenvalue weighted by molar-refractivity contribution is -0.115. The standard InChI is InChI=1S/C15H12O2/c16-11-1-2-13-9(6-11)5-10-8-15(13)4-3-12(17)7-14(10)15/h1-2,6-8,16H,3-5H2. The summed E-state index contributed by atoms with van der Waals surface area (Å²) < 4.78 is 0. The van der Waals surface area contributed by atoms with Gasteiger partial charge < -0.3 is 5.11 Å². The van der Waals surface area contributed by atoms with Crippen LogP contribution in [-0.4, -0.2) is 10.9 Å². The van der Waals surface area contributed by atoms with Gasteiger partial charge in [0.05, 0.1) is 0 Å². The Bertz CT molecular complexity index is 622. The Kier molecular flexibility index (Phi) is 1.47. The van der Waals surface area contributed by atoms with Crippen molar-refractivity contribution in [3.8, 4) is 5.75 Å². The normalized spacial score (nSPS) is 28.6. The zero-order chi connectivity index (χ0) is 11.6. The SMILES string of the molecule is O=C1C=C2C3=CC2(CC1)c1ccc(O)cc1C3. The van der Waals surface area contributed by atoms with E-state index in [-0.39, 0.29) is 11.2 Å². The molecular formula is C15H12O2. The first-order valence-corrected chi connectivity index (χ1v) is 5.98. The molecule has 1 unspecified atom stereocenters. The fourth-order valence-corrected chi connectivity index (χ4v) is 3.51. The number of carbonyl (C=O) groups excluding carboxylic acids is 1. The van der Waals surface area contributed by atoms with E-state index < -0.39 is 0 Å². The second-order valence-corrected chi connectivity index (χ2v) is 5.18. The Balaban J connectivity index is 1.97. The van der Waals surface area contributed by atoms with Crippen LogP contribution >= 0.6 is 0 Å². The van der Waals surface area contributed by atoms with Crippen LogP contribution < -0.4 is 0 Å². The van der Waals surface area contributed by atoms with E-state index in [4.69, 9.17) is 0 Å². The van der Waals surface area contributed by atoms with Crippen molar-refractivity contribution >= 4 is 5.78 Å². The molecule has 1 atom stereocenters. The van der Waals surface area contributed by atoms with Gasteiger partial charge in [0.15, 0.2) is 5.78 Å². The Hall–Kier alpha value is -1.83. The van der Waals surface area contributed by atoms with Crippen molar-refractivity contribution in [3.05, 3.63) is 52.6 Å². The number of phenolic OH excluding ortho intramolecular Hbond substituents is 1. The van der Waals surface area contributed by atoms with Gasteiger partial charge in [-0.15, -0.1) is 0 Å². The minimum Gasteiger partial charge on any atom is -0.508 e. The molecule has 0 saturated heterocycles. The van der Waals surface area contributed by atoms with Gasteiger partial charge in [-0.05, 0) is 53.3 Å². The largest absolute Gasteiger partial charge is 0.508 e. The van der Waals surface area contributed by atoms with E-state index >= 15 is 0 Å². The number of ketones is 1. The first-order chi connectivity index (χ1) is 8.19. The number of allylic oxidation sites excluding steroid dienone is 4. The van der Waals surface area contributed by atoms with Gasteiger partial charge in [-0.2, -0.15) is 0 Å². The topological polar surface area (TPSA) is 37.3 Å². The fraction of sp³-hybridized carbons (Fsp3) is 0.267. The van der Waals surface area contributed by atoms with Crippen molar-refractivity contribution in [2.75, 3.05) is 0 Å². The smallest absolute Gasteiger partial charge is 0.156 e. The highest BCUT2D eigenvalue weighted by Gasteiger charge is 2.49. The van der Waals surface area contributed by atoms with E-state index in [1.807, 2.05) is 18.2 Å². The van der Waals surface area contributed by atoms with E-state index in [1.54, 1.807) is 6.07 Å². The maximum absolute atomic E-state index is 11.5. The summed E-state index contributed by atoms with van der Waals surface area (Å²) in [5.74, 6) is 0.586. The van der Waals surface area contributed by atoms with Gasteiger partial charge in [0.25, 0.3) is 0 Å². The lowest BCUT2D eigenvalue weighted by atomic mass is 9.52. The van der Waals surface area contributed by atoms with Crippen molar-refractivity contribution in [3.63, 3.8) is 0 Å². The van der Waals surface area contributed by atoms with Gasteiger partial charge >= 0.3 is 0 Å². The van der Waals surface area contributed by atoms with Crippen molar-refractivity contribution in [2.24, 2.45) is 0 Å². The van der Waals surface area contributed by atoms with Crippen LogP contribution in [0.15, 0.2) is 41.5 Å². The maximum Gasteiger partial charge on any atom is 0.156 e. The van der Waals surface area contributed by atoms with Crippen LogP contribution in [0.4, 0.5) is 0 Å². The summed E-state index contributed by atoms with van der Waals surface area (Å²) in [5.41, 5.74) is 4.99. The third kappa shape index (κ3) is 0.985. The molecule has 0 heterocycles. The number of rotatable bonds is 0.